The van der Waals surface area contributed by atoms with Crippen LogP contribution in [0.15, 0.2) is 44.8 Å². The summed E-state index contributed by atoms with van der Waals surface area (Å²) >= 11 is 3.23. The van der Waals surface area contributed by atoms with Gasteiger partial charge in [-0.15, -0.1) is 0 Å². The lowest BCUT2D eigenvalue weighted by atomic mass is 10.2. The maximum atomic E-state index is 12.3. The molecule has 1 amide bonds. The maximum Gasteiger partial charge on any atom is 0.276 e. The van der Waals surface area contributed by atoms with E-state index in [1.54, 1.807) is 31.3 Å². The summed E-state index contributed by atoms with van der Waals surface area (Å²) in [5.41, 5.74) is 2.58. The predicted octanol–water partition coefficient (Wildman–Crippen LogP) is 3.06. The molecule has 0 unspecified atom stereocenters. The van der Waals surface area contributed by atoms with Crippen LogP contribution in [0.4, 0.5) is 0 Å². The highest BCUT2D eigenvalue weighted by atomic mass is 79.9. The summed E-state index contributed by atoms with van der Waals surface area (Å²) in [6.45, 7) is 5.92. The van der Waals surface area contributed by atoms with Crippen LogP contribution in [-0.2, 0) is 0 Å². The van der Waals surface area contributed by atoms with Crippen molar-refractivity contribution in [3.05, 3.63) is 56.4 Å². The Morgan fingerprint density at radius 3 is 2.85 bits per heavy atom. The minimum absolute atomic E-state index is 0.00782. The number of hydrogen-bond donors (Lipinski definition) is 2. The number of benzene rings is 1. The molecule has 138 valence electrons. The van der Waals surface area contributed by atoms with Gasteiger partial charge in [-0.05, 0) is 66.5 Å². The summed E-state index contributed by atoms with van der Waals surface area (Å²) in [5, 5.41) is 13.8. The van der Waals surface area contributed by atoms with Crippen molar-refractivity contribution >= 4 is 28.1 Å². The molecule has 0 radical (unpaired) electrons. The van der Waals surface area contributed by atoms with Crippen molar-refractivity contribution in [2.75, 3.05) is 6.61 Å². The second kappa shape index (κ2) is 8.66. The number of ether oxygens (including phenoxy) is 1. The van der Waals surface area contributed by atoms with Gasteiger partial charge in [-0.3, -0.25) is 9.59 Å². The highest BCUT2D eigenvalue weighted by Crippen LogP contribution is 2.34. The molecule has 0 atom stereocenters. The quantitative estimate of drug-likeness (QED) is 0.553. The van der Waals surface area contributed by atoms with Crippen molar-refractivity contribution in [1.29, 1.82) is 0 Å². The first kappa shape index (κ1) is 19.7. The number of aromatic hydroxyl groups is 1. The number of aromatic nitrogens is 1. The van der Waals surface area contributed by atoms with Crippen LogP contribution < -0.4 is 15.7 Å². The van der Waals surface area contributed by atoms with Crippen LogP contribution in [0.25, 0.3) is 0 Å². The summed E-state index contributed by atoms with van der Waals surface area (Å²) in [6, 6.07) is 6.27. The monoisotopic (exact) mass is 421 g/mol. The second-order valence-corrected chi connectivity index (χ2v) is 6.56. The average Bonchev–Trinajstić information content (AvgIpc) is 2.59. The smallest absolute Gasteiger partial charge is 0.276 e. The lowest BCUT2D eigenvalue weighted by Crippen LogP contribution is -2.31. The Balaban J connectivity index is 2.18. The molecule has 0 saturated carbocycles. The third-order valence-corrected chi connectivity index (χ3v) is 4.11. The van der Waals surface area contributed by atoms with E-state index in [0.29, 0.717) is 22.4 Å². The number of pyridine rings is 1. The molecule has 7 nitrogen and oxygen atoms in total. The Morgan fingerprint density at radius 1 is 1.46 bits per heavy atom. The van der Waals surface area contributed by atoms with Gasteiger partial charge in [0.2, 0.25) is 0 Å². The minimum atomic E-state index is -0.593. The number of phenolic OH excluding ortho intramolecular Hbond substituents is 1. The SMILES string of the molecule is CCOc1cc(/C=N\NC(=O)c2cccn(C(C)C)c2=O)cc(Br)c1O. The summed E-state index contributed by atoms with van der Waals surface area (Å²) in [5.74, 6) is -0.298. The minimum Gasteiger partial charge on any atom is -0.503 e. The van der Waals surface area contributed by atoms with Crippen molar-refractivity contribution in [3.8, 4) is 11.5 Å². The van der Waals surface area contributed by atoms with Gasteiger partial charge >= 0.3 is 0 Å². The van der Waals surface area contributed by atoms with Gasteiger partial charge in [0.15, 0.2) is 11.5 Å². The number of carbonyl (C=O) groups is 1. The summed E-state index contributed by atoms with van der Waals surface area (Å²) in [4.78, 5) is 24.5. The first-order chi connectivity index (χ1) is 12.3. The van der Waals surface area contributed by atoms with E-state index >= 15 is 0 Å². The number of nitrogens with zero attached hydrogens (tertiary/aromatic N) is 2. The van der Waals surface area contributed by atoms with E-state index in [1.165, 1.54) is 16.8 Å². The number of rotatable bonds is 6. The van der Waals surface area contributed by atoms with Crippen LogP contribution in [0.1, 0.15) is 42.7 Å². The standard InChI is InChI=1S/C18H20BrN3O4/c1-4-26-15-9-12(8-14(19)16(15)23)10-20-21-17(24)13-6-5-7-22(11(2)3)18(13)25/h5-11,23H,4H2,1-3H3,(H,21,24)/b20-10-. The summed E-state index contributed by atoms with van der Waals surface area (Å²) in [6.07, 6.45) is 3.03. The number of amides is 1. The highest BCUT2D eigenvalue weighted by Gasteiger charge is 2.13. The van der Waals surface area contributed by atoms with Gasteiger partial charge in [0.1, 0.15) is 5.56 Å². The van der Waals surface area contributed by atoms with Crippen LogP contribution in [0.5, 0.6) is 11.5 Å². The molecule has 0 aliphatic heterocycles. The number of halogens is 1. The zero-order valence-corrected chi connectivity index (χ0v) is 16.3. The van der Waals surface area contributed by atoms with Crippen LogP contribution in [0.2, 0.25) is 0 Å². The van der Waals surface area contributed by atoms with Gasteiger partial charge in [-0.2, -0.15) is 5.10 Å². The number of nitrogens with one attached hydrogen (secondary N) is 1. The molecule has 8 heteroatoms. The van der Waals surface area contributed by atoms with Crippen molar-refractivity contribution in [1.82, 2.24) is 9.99 Å². The number of hydrazone groups is 1. The van der Waals surface area contributed by atoms with Gasteiger partial charge in [-0.1, -0.05) is 0 Å². The zero-order valence-electron chi connectivity index (χ0n) is 14.7. The molecule has 0 saturated heterocycles. The van der Waals surface area contributed by atoms with Gasteiger partial charge in [0, 0.05) is 12.2 Å². The van der Waals surface area contributed by atoms with Crippen molar-refractivity contribution in [2.45, 2.75) is 26.8 Å². The summed E-state index contributed by atoms with van der Waals surface area (Å²) in [7, 11) is 0. The van der Waals surface area contributed by atoms with E-state index in [0.717, 1.165) is 0 Å². The number of phenols is 1. The molecular formula is C18H20BrN3O4. The topological polar surface area (TPSA) is 92.9 Å². The molecule has 26 heavy (non-hydrogen) atoms. The van der Waals surface area contributed by atoms with Crippen molar-refractivity contribution < 1.29 is 14.6 Å². The Bertz CT molecular complexity index is 890. The average molecular weight is 422 g/mol. The fourth-order valence-electron chi connectivity index (χ4n) is 2.25. The fraction of sp³-hybridized carbons (Fsp3) is 0.278. The molecule has 2 rings (SSSR count). The number of hydrogen-bond acceptors (Lipinski definition) is 5. The van der Waals surface area contributed by atoms with Crippen LogP contribution in [0.3, 0.4) is 0 Å². The maximum absolute atomic E-state index is 12.3. The van der Waals surface area contributed by atoms with Gasteiger partial charge in [0.25, 0.3) is 11.5 Å². The first-order valence-corrected chi connectivity index (χ1v) is 8.84. The third-order valence-electron chi connectivity index (χ3n) is 3.51. The Morgan fingerprint density at radius 2 is 2.19 bits per heavy atom. The Kier molecular flexibility index (Phi) is 6.57. The lowest BCUT2D eigenvalue weighted by molar-refractivity contribution is 0.0953. The third kappa shape index (κ3) is 4.51. The van der Waals surface area contributed by atoms with E-state index in [-0.39, 0.29) is 22.9 Å². The Labute approximate surface area is 159 Å². The van der Waals surface area contributed by atoms with Crippen LogP contribution in [-0.4, -0.2) is 28.4 Å². The molecule has 0 bridgehead atoms. The number of carbonyl (C=O) groups excluding carboxylic acids is 1. The molecule has 1 aromatic carbocycles. The molecule has 2 aromatic rings. The molecule has 0 fully saturated rings. The van der Waals surface area contributed by atoms with E-state index < -0.39 is 5.91 Å². The van der Waals surface area contributed by atoms with E-state index in [4.69, 9.17) is 4.74 Å². The van der Waals surface area contributed by atoms with Crippen LogP contribution >= 0.6 is 15.9 Å². The van der Waals surface area contributed by atoms with E-state index in [1.807, 2.05) is 13.8 Å². The molecule has 2 N–H and O–H groups in total. The Hall–Kier alpha value is -2.61. The highest BCUT2D eigenvalue weighted by molar-refractivity contribution is 9.10. The van der Waals surface area contributed by atoms with E-state index in [9.17, 15) is 14.7 Å². The fourth-order valence-corrected chi connectivity index (χ4v) is 2.71. The van der Waals surface area contributed by atoms with Crippen LogP contribution in [0, 0.1) is 0 Å². The summed E-state index contributed by atoms with van der Waals surface area (Å²) < 4.78 is 7.25. The largest absolute Gasteiger partial charge is 0.503 e. The molecule has 1 heterocycles. The first-order valence-electron chi connectivity index (χ1n) is 8.05. The molecular weight excluding hydrogens is 402 g/mol. The van der Waals surface area contributed by atoms with Crippen molar-refractivity contribution in [3.63, 3.8) is 0 Å². The van der Waals surface area contributed by atoms with E-state index in [2.05, 4.69) is 26.5 Å². The zero-order chi connectivity index (χ0) is 19.3. The van der Waals surface area contributed by atoms with Gasteiger partial charge < -0.3 is 14.4 Å². The molecule has 0 aliphatic carbocycles. The lowest BCUT2D eigenvalue weighted by Gasteiger charge is -2.10. The molecule has 0 spiro atoms. The molecule has 0 aliphatic rings. The molecule has 1 aromatic heterocycles. The van der Waals surface area contributed by atoms with Gasteiger partial charge in [0.05, 0.1) is 17.3 Å². The van der Waals surface area contributed by atoms with Gasteiger partial charge in [-0.25, -0.2) is 5.43 Å². The predicted molar refractivity (Wildman–Crippen MR) is 103 cm³/mol. The van der Waals surface area contributed by atoms with Crippen molar-refractivity contribution in [2.24, 2.45) is 5.10 Å². The second-order valence-electron chi connectivity index (χ2n) is 5.71. The normalized spacial score (nSPS) is 11.1.